The number of imide groups is 1. The van der Waals surface area contributed by atoms with Crippen LogP contribution in [-0.4, -0.2) is 54.1 Å². The third kappa shape index (κ3) is 4.51. The molecule has 0 aromatic rings. The largest absolute Gasteiger partial charge is 0.480 e. The summed E-state index contributed by atoms with van der Waals surface area (Å²) in [7, 11) is 1.43. The van der Waals surface area contributed by atoms with Gasteiger partial charge in [0.25, 0.3) is 0 Å². The maximum Gasteiger partial charge on any atom is 0.321 e. The van der Waals surface area contributed by atoms with Crippen molar-refractivity contribution < 1.29 is 19.5 Å². The molecule has 7 heteroatoms. The Morgan fingerprint density at radius 3 is 2.63 bits per heavy atom. The van der Waals surface area contributed by atoms with Crippen molar-refractivity contribution in [1.82, 2.24) is 15.5 Å². The highest BCUT2D eigenvalue weighted by Crippen LogP contribution is 2.23. The van der Waals surface area contributed by atoms with Gasteiger partial charge in [-0.1, -0.05) is 6.92 Å². The molecule has 0 aromatic heterocycles. The average molecular weight is 271 g/mol. The van der Waals surface area contributed by atoms with E-state index in [1.54, 1.807) is 4.90 Å². The molecule has 19 heavy (non-hydrogen) atoms. The van der Waals surface area contributed by atoms with E-state index in [2.05, 4.69) is 10.6 Å². The molecule has 3 N–H and O–H groups in total. The van der Waals surface area contributed by atoms with Gasteiger partial charge in [-0.2, -0.15) is 0 Å². The van der Waals surface area contributed by atoms with E-state index in [9.17, 15) is 19.5 Å². The van der Waals surface area contributed by atoms with Crippen LogP contribution in [0.4, 0.5) is 4.79 Å². The summed E-state index contributed by atoms with van der Waals surface area (Å²) in [6.07, 6.45) is 1.93. The minimum absolute atomic E-state index is 0.0771. The number of nitrogens with one attached hydrogen (secondary N) is 2. The van der Waals surface area contributed by atoms with E-state index in [1.165, 1.54) is 7.05 Å². The van der Waals surface area contributed by atoms with Gasteiger partial charge in [0.1, 0.15) is 6.04 Å². The van der Waals surface area contributed by atoms with Crippen molar-refractivity contribution in [1.29, 1.82) is 0 Å². The van der Waals surface area contributed by atoms with Crippen molar-refractivity contribution in [2.24, 2.45) is 5.92 Å². The van der Waals surface area contributed by atoms with Gasteiger partial charge in [-0.05, 0) is 25.3 Å². The Morgan fingerprint density at radius 1 is 1.37 bits per heavy atom. The number of piperidine rings is 1. The Bertz CT molecular complexity index is 359. The summed E-state index contributed by atoms with van der Waals surface area (Å²) in [5.41, 5.74) is 0. The van der Waals surface area contributed by atoms with E-state index in [1.807, 2.05) is 6.92 Å². The second-order valence-corrected chi connectivity index (χ2v) is 4.82. The Balaban J connectivity index is 2.48. The van der Waals surface area contributed by atoms with Crippen LogP contribution in [0, 0.1) is 5.92 Å². The summed E-state index contributed by atoms with van der Waals surface area (Å²) in [6, 6.07) is -1.09. The standard InChI is InChI=1S/C12H21N3O4/c1-8-4-3-6-15(10(8)11(17)18)7-5-9(16)14-12(19)13-2/h8,10H,3-7H2,1-2H3,(H,17,18)(H2,13,14,16,19). The summed E-state index contributed by atoms with van der Waals surface area (Å²) in [4.78, 5) is 35.5. The van der Waals surface area contributed by atoms with Gasteiger partial charge in [-0.25, -0.2) is 4.79 Å². The van der Waals surface area contributed by atoms with E-state index in [-0.39, 0.29) is 12.3 Å². The van der Waals surface area contributed by atoms with Crippen molar-refractivity contribution in [3.05, 3.63) is 0 Å². The fraction of sp³-hybridized carbons (Fsp3) is 0.750. The maximum absolute atomic E-state index is 11.5. The Hall–Kier alpha value is -1.63. The number of carboxylic acids is 1. The van der Waals surface area contributed by atoms with Crippen LogP contribution in [0.1, 0.15) is 26.2 Å². The lowest BCUT2D eigenvalue weighted by Crippen LogP contribution is -2.50. The molecule has 0 bridgehead atoms. The molecule has 1 aliphatic heterocycles. The summed E-state index contributed by atoms with van der Waals surface area (Å²) < 4.78 is 0. The topological polar surface area (TPSA) is 98.7 Å². The predicted octanol–water partition coefficient (Wildman–Crippen LogP) is 0.0172. The fourth-order valence-electron chi connectivity index (χ4n) is 2.42. The number of amides is 3. The third-order valence-corrected chi connectivity index (χ3v) is 3.40. The van der Waals surface area contributed by atoms with Crippen LogP contribution in [0.5, 0.6) is 0 Å². The van der Waals surface area contributed by atoms with Crippen LogP contribution in [0.15, 0.2) is 0 Å². The molecule has 0 spiro atoms. The number of rotatable bonds is 4. The van der Waals surface area contributed by atoms with Crippen molar-refractivity contribution in [2.45, 2.75) is 32.2 Å². The number of hydrogen-bond donors (Lipinski definition) is 3. The predicted molar refractivity (Wildman–Crippen MR) is 68.6 cm³/mol. The monoisotopic (exact) mass is 271 g/mol. The highest BCUT2D eigenvalue weighted by molar-refractivity contribution is 5.94. The van der Waals surface area contributed by atoms with E-state index >= 15 is 0 Å². The molecule has 2 atom stereocenters. The zero-order valence-corrected chi connectivity index (χ0v) is 11.3. The SMILES string of the molecule is CNC(=O)NC(=O)CCN1CCCC(C)C1C(=O)O. The average Bonchev–Trinajstić information content (AvgIpc) is 2.35. The van der Waals surface area contributed by atoms with E-state index < -0.39 is 23.9 Å². The van der Waals surface area contributed by atoms with Crippen LogP contribution < -0.4 is 10.6 Å². The smallest absolute Gasteiger partial charge is 0.321 e. The van der Waals surface area contributed by atoms with Gasteiger partial charge in [-0.3, -0.25) is 19.8 Å². The van der Waals surface area contributed by atoms with Gasteiger partial charge in [0.15, 0.2) is 0 Å². The van der Waals surface area contributed by atoms with E-state index in [4.69, 9.17) is 0 Å². The molecule has 2 unspecified atom stereocenters. The van der Waals surface area contributed by atoms with Gasteiger partial charge < -0.3 is 10.4 Å². The first-order valence-electron chi connectivity index (χ1n) is 6.44. The number of likely N-dealkylation sites (tertiary alicyclic amines) is 1. The first kappa shape index (κ1) is 15.4. The number of carboxylic acid groups (broad SMARTS) is 1. The van der Waals surface area contributed by atoms with E-state index in [0.717, 1.165) is 12.8 Å². The summed E-state index contributed by atoms with van der Waals surface area (Å²) in [5, 5.41) is 13.7. The molecule has 0 radical (unpaired) electrons. The van der Waals surface area contributed by atoms with Gasteiger partial charge in [-0.15, -0.1) is 0 Å². The molecule has 0 aliphatic carbocycles. The minimum atomic E-state index is -0.848. The van der Waals surface area contributed by atoms with Gasteiger partial charge in [0.05, 0.1) is 0 Å². The summed E-state index contributed by atoms with van der Waals surface area (Å²) in [5.74, 6) is -1.17. The summed E-state index contributed by atoms with van der Waals surface area (Å²) in [6.45, 7) is 2.94. The van der Waals surface area contributed by atoms with Gasteiger partial charge in [0, 0.05) is 20.0 Å². The molecular weight excluding hydrogens is 250 g/mol. The molecule has 0 saturated carbocycles. The minimum Gasteiger partial charge on any atom is -0.480 e. The number of aliphatic carboxylic acids is 1. The molecule has 1 rings (SSSR count). The molecule has 7 nitrogen and oxygen atoms in total. The number of nitrogens with zero attached hydrogens (tertiary/aromatic N) is 1. The number of hydrogen-bond acceptors (Lipinski definition) is 4. The molecule has 1 heterocycles. The number of carbonyl (C=O) groups excluding carboxylic acids is 2. The first-order chi connectivity index (χ1) is 8.95. The van der Waals surface area contributed by atoms with Crippen LogP contribution in [0.2, 0.25) is 0 Å². The molecule has 3 amide bonds. The molecule has 1 aliphatic rings. The lowest BCUT2D eigenvalue weighted by atomic mass is 9.90. The van der Waals surface area contributed by atoms with Crippen LogP contribution in [-0.2, 0) is 9.59 Å². The van der Waals surface area contributed by atoms with Crippen molar-refractivity contribution in [3.8, 4) is 0 Å². The van der Waals surface area contributed by atoms with Crippen molar-refractivity contribution >= 4 is 17.9 Å². The third-order valence-electron chi connectivity index (χ3n) is 3.40. The summed E-state index contributed by atoms with van der Waals surface area (Å²) >= 11 is 0. The number of carbonyl (C=O) groups is 3. The first-order valence-corrected chi connectivity index (χ1v) is 6.44. The molecular formula is C12H21N3O4. The van der Waals surface area contributed by atoms with E-state index in [0.29, 0.717) is 13.1 Å². The highest BCUT2D eigenvalue weighted by Gasteiger charge is 2.34. The zero-order valence-electron chi connectivity index (χ0n) is 11.3. The zero-order chi connectivity index (χ0) is 14.4. The molecule has 108 valence electrons. The lowest BCUT2D eigenvalue weighted by Gasteiger charge is -2.37. The van der Waals surface area contributed by atoms with Crippen LogP contribution in [0.3, 0.4) is 0 Å². The van der Waals surface area contributed by atoms with Crippen molar-refractivity contribution in [2.75, 3.05) is 20.1 Å². The Kier molecular flexibility index (Phi) is 5.75. The fourth-order valence-corrected chi connectivity index (χ4v) is 2.42. The lowest BCUT2D eigenvalue weighted by molar-refractivity contribution is -0.147. The second kappa shape index (κ2) is 7.08. The van der Waals surface area contributed by atoms with Gasteiger partial charge >= 0.3 is 12.0 Å². The van der Waals surface area contributed by atoms with Crippen LogP contribution >= 0.6 is 0 Å². The second-order valence-electron chi connectivity index (χ2n) is 4.82. The Morgan fingerprint density at radius 2 is 2.05 bits per heavy atom. The number of urea groups is 1. The quantitative estimate of drug-likeness (QED) is 0.669. The molecule has 1 fully saturated rings. The molecule has 1 saturated heterocycles. The Labute approximate surface area is 112 Å². The maximum atomic E-state index is 11.5. The highest BCUT2D eigenvalue weighted by atomic mass is 16.4. The van der Waals surface area contributed by atoms with Crippen molar-refractivity contribution in [3.63, 3.8) is 0 Å². The van der Waals surface area contributed by atoms with Crippen LogP contribution in [0.25, 0.3) is 0 Å². The van der Waals surface area contributed by atoms with Gasteiger partial charge in [0.2, 0.25) is 5.91 Å². The molecule has 0 aromatic carbocycles. The normalized spacial score (nSPS) is 23.7.